The maximum atomic E-state index is 13.5. The Morgan fingerprint density at radius 3 is 2.27 bits per heavy atom. The number of amidine groups is 1. The summed E-state index contributed by atoms with van der Waals surface area (Å²) in [4.78, 5) is 32.8. The fourth-order valence-corrected chi connectivity index (χ4v) is 5.01. The molecule has 0 spiro atoms. The van der Waals surface area contributed by atoms with E-state index in [2.05, 4.69) is 5.32 Å². The molecule has 0 aromatic heterocycles. The molecule has 0 aliphatic carbocycles. The van der Waals surface area contributed by atoms with Crippen LogP contribution in [0, 0.1) is 0 Å². The van der Waals surface area contributed by atoms with Gasteiger partial charge in [0.1, 0.15) is 0 Å². The number of aliphatic imine (C=N–C) groups is 1. The summed E-state index contributed by atoms with van der Waals surface area (Å²) < 4.78 is 11.2. The van der Waals surface area contributed by atoms with E-state index in [4.69, 9.17) is 14.5 Å². The van der Waals surface area contributed by atoms with Crippen molar-refractivity contribution >= 4 is 46.2 Å². The molecule has 7 nitrogen and oxygen atoms in total. The average Bonchev–Trinajstić information content (AvgIpc) is 3.26. The number of methoxy groups -OCH3 is 1. The number of para-hydroxylation sites is 2. The van der Waals surface area contributed by atoms with Gasteiger partial charge in [0.25, 0.3) is 11.8 Å². The Bertz CT molecular complexity index is 1540. The number of hydrogen-bond acceptors (Lipinski definition) is 6. The Hall–Kier alpha value is -4.82. The molecule has 200 valence electrons. The summed E-state index contributed by atoms with van der Waals surface area (Å²) in [6.07, 6.45) is 1.81. The summed E-state index contributed by atoms with van der Waals surface area (Å²) in [5.74, 6) is 0.475. The number of ether oxygens (including phenoxy) is 2. The molecule has 1 aliphatic rings. The van der Waals surface area contributed by atoms with Crippen LogP contribution in [-0.2, 0) is 16.1 Å². The molecule has 1 aliphatic heterocycles. The van der Waals surface area contributed by atoms with Gasteiger partial charge in [-0.15, -0.1) is 0 Å². The predicted molar refractivity (Wildman–Crippen MR) is 160 cm³/mol. The summed E-state index contributed by atoms with van der Waals surface area (Å²) in [7, 11) is 1.53. The summed E-state index contributed by atoms with van der Waals surface area (Å²) in [5, 5.41) is 3.40. The van der Waals surface area contributed by atoms with E-state index in [0.29, 0.717) is 33.8 Å². The summed E-state index contributed by atoms with van der Waals surface area (Å²) >= 11 is 1.33. The Morgan fingerprint density at radius 1 is 0.900 bits per heavy atom. The number of nitrogens with one attached hydrogen (secondary N) is 1. The van der Waals surface area contributed by atoms with E-state index < -0.39 is 0 Å². The van der Waals surface area contributed by atoms with Gasteiger partial charge >= 0.3 is 0 Å². The van der Waals surface area contributed by atoms with E-state index >= 15 is 0 Å². The van der Waals surface area contributed by atoms with Crippen LogP contribution in [0.5, 0.6) is 11.5 Å². The fourth-order valence-electron chi connectivity index (χ4n) is 4.02. The molecule has 4 aromatic carbocycles. The van der Waals surface area contributed by atoms with Gasteiger partial charge in [0.05, 0.1) is 24.2 Å². The van der Waals surface area contributed by atoms with E-state index in [1.165, 1.54) is 18.9 Å². The third kappa shape index (κ3) is 6.78. The van der Waals surface area contributed by atoms with Crippen molar-refractivity contribution in [2.24, 2.45) is 4.99 Å². The van der Waals surface area contributed by atoms with Gasteiger partial charge in [-0.1, -0.05) is 72.8 Å². The van der Waals surface area contributed by atoms with Gasteiger partial charge in [0.2, 0.25) is 0 Å². The third-order valence-electron chi connectivity index (χ3n) is 5.95. The van der Waals surface area contributed by atoms with E-state index in [1.54, 1.807) is 29.2 Å². The molecule has 40 heavy (non-hydrogen) atoms. The monoisotopic (exact) mass is 549 g/mol. The van der Waals surface area contributed by atoms with Gasteiger partial charge in [0.15, 0.2) is 23.3 Å². The molecule has 0 atom stereocenters. The van der Waals surface area contributed by atoms with Crippen LogP contribution in [0.25, 0.3) is 6.08 Å². The highest BCUT2D eigenvalue weighted by Crippen LogP contribution is 2.36. The molecule has 0 bridgehead atoms. The van der Waals surface area contributed by atoms with Gasteiger partial charge in [-0.05, 0) is 65.4 Å². The second kappa shape index (κ2) is 12.8. The van der Waals surface area contributed by atoms with Crippen LogP contribution in [0.4, 0.5) is 11.4 Å². The third-order valence-corrected chi connectivity index (χ3v) is 6.96. The van der Waals surface area contributed by atoms with Crippen LogP contribution in [0.3, 0.4) is 0 Å². The molecule has 8 heteroatoms. The van der Waals surface area contributed by atoms with E-state index in [0.717, 1.165) is 16.8 Å². The lowest BCUT2D eigenvalue weighted by Crippen LogP contribution is -2.28. The molecule has 0 radical (unpaired) electrons. The minimum absolute atomic E-state index is 0.125. The summed E-state index contributed by atoms with van der Waals surface area (Å²) in [5.41, 5.74) is 3.24. The predicted octanol–water partition coefficient (Wildman–Crippen LogP) is 6.52. The van der Waals surface area contributed by atoms with Gasteiger partial charge in [-0.2, -0.15) is 0 Å². The normalized spacial score (nSPS) is 14.9. The second-order valence-corrected chi connectivity index (χ2v) is 9.84. The second-order valence-electron chi connectivity index (χ2n) is 8.83. The number of amides is 2. The van der Waals surface area contributed by atoms with Crippen molar-refractivity contribution < 1.29 is 19.1 Å². The molecule has 5 rings (SSSR count). The first-order valence-corrected chi connectivity index (χ1v) is 13.5. The minimum Gasteiger partial charge on any atom is -0.493 e. The van der Waals surface area contributed by atoms with Crippen molar-refractivity contribution in [2.45, 2.75) is 6.54 Å². The molecule has 1 heterocycles. The van der Waals surface area contributed by atoms with Crippen LogP contribution in [0.1, 0.15) is 11.1 Å². The van der Waals surface area contributed by atoms with Gasteiger partial charge in [0, 0.05) is 5.69 Å². The van der Waals surface area contributed by atoms with Crippen molar-refractivity contribution in [1.29, 1.82) is 0 Å². The number of anilines is 1. The molecule has 1 saturated heterocycles. The fraction of sp³-hybridized carbons (Fsp3) is 0.0938. The molecule has 1 fully saturated rings. The molecular formula is C32H27N3O4S. The Labute approximate surface area is 237 Å². The molecule has 0 saturated carbocycles. The number of carbonyl (C=O) groups is 2. The number of rotatable bonds is 9. The summed E-state index contributed by atoms with van der Waals surface area (Å²) in [6, 6.07) is 33.9. The van der Waals surface area contributed by atoms with E-state index in [9.17, 15) is 9.59 Å². The molecular weight excluding hydrogens is 522 g/mol. The standard InChI is InChI=1S/C32H27N3O4S/c1-38-28-19-24(17-18-27(28)39-22-30(36)33-25-13-7-3-8-14-25)20-29-31(37)35(21-23-11-5-2-6-12-23)32(40-29)34-26-15-9-4-10-16-26/h2-20H,21-22H2,1H3,(H,33,36)/b29-20+,34-32?. The number of thioether (sulfide) groups is 1. The highest BCUT2D eigenvalue weighted by molar-refractivity contribution is 8.18. The molecule has 0 unspecified atom stereocenters. The first-order valence-electron chi connectivity index (χ1n) is 12.6. The minimum atomic E-state index is -0.281. The largest absolute Gasteiger partial charge is 0.493 e. The zero-order valence-corrected chi connectivity index (χ0v) is 22.6. The Balaban J connectivity index is 1.34. The van der Waals surface area contributed by atoms with Crippen molar-refractivity contribution in [3.8, 4) is 11.5 Å². The average molecular weight is 550 g/mol. The van der Waals surface area contributed by atoms with Crippen LogP contribution >= 0.6 is 11.8 Å². The van der Waals surface area contributed by atoms with Crippen LogP contribution in [0.15, 0.2) is 119 Å². The zero-order chi connectivity index (χ0) is 27.7. The topological polar surface area (TPSA) is 80.2 Å². The number of nitrogens with zero attached hydrogens (tertiary/aromatic N) is 2. The SMILES string of the molecule is COc1cc(/C=C2/SC(=Nc3ccccc3)N(Cc3ccccc3)C2=O)ccc1OCC(=O)Nc1ccccc1. The highest BCUT2D eigenvalue weighted by Gasteiger charge is 2.33. The lowest BCUT2D eigenvalue weighted by atomic mass is 10.1. The van der Waals surface area contributed by atoms with Crippen molar-refractivity contribution in [2.75, 3.05) is 19.0 Å². The first-order chi connectivity index (χ1) is 19.6. The Kier molecular flexibility index (Phi) is 8.58. The van der Waals surface area contributed by atoms with Crippen molar-refractivity contribution in [3.63, 3.8) is 0 Å². The van der Waals surface area contributed by atoms with Crippen LogP contribution in [0.2, 0.25) is 0 Å². The Morgan fingerprint density at radius 2 is 1.57 bits per heavy atom. The van der Waals surface area contributed by atoms with E-state index in [1.807, 2.05) is 91.0 Å². The number of hydrogen-bond donors (Lipinski definition) is 1. The number of carbonyl (C=O) groups excluding carboxylic acids is 2. The van der Waals surface area contributed by atoms with Gasteiger partial charge < -0.3 is 14.8 Å². The van der Waals surface area contributed by atoms with Crippen molar-refractivity contribution in [1.82, 2.24) is 4.90 Å². The van der Waals surface area contributed by atoms with Gasteiger partial charge in [-0.25, -0.2) is 4.99 Å². The maximum absolute atomic E-state index is 13.5. The molecule has 1 N–H and O–H groups in total. The van der Waals surface area contributed by atoms with Crippen LogP contribution < -0.4 is 14.8 Å². The van der Waals surface area contributed by atoms with E-state index in [-0.39, 0.29) is 18.4 Å². The molecule has 4 aromatic rings. The van der Waals surface area contributed by atoms with Gasteiger partial charge in [-0.3, -0.25) is 14.5 Å². The number of benzene rings is 4. The molecule has 2 amide bonds. The van der Waals surface area contributed by atoms with Crippen LogP contribution in [-0.4, -0.2) is 35.6 Å². The lowest BCUT2D eigenvalue weighted by molar-refractivity contribution is -0.122. The quantitative estimate of drug-likeness (QED) is 0.241. The van der Waals surface area contributed by atoms with Crippen molar-refractivity contribution in [3.05, 3.63) is 125 Å². The zero-order valence-electron chi connectivity index (χ0n) is 21.8. The first kappa shape index (κ1) is 26.8. The highest BCUT2D eigenvalue weighted by atomic mass is 32.2. The lowest BCUT2D eigenvalue weighted by Gasteiger charge is -2.15. The maximum Gasteiger partial charge on any atom is 0.267 e. The summed E-state index contributed by atoms with van der Waals surface area (Å²) in [6.45, 7) is 0.241. The smallest absolute Gasteiger partial charge is 0.267 e.